The van der Waals surface area contributed by atoms with Crippen molar-refractivity contribution in [3.63, 3.8) is 0 Å². The number of anilines is 2. The molecule has 2 aromatic rings. The van der Waals surface area contributed by atoms with E-state index >= 15 is 0 Å². The fraction of sp³-hybridized carbons (Fsp3) is 0.409. The van der Waals surface area contributed by atoms with E-state index in [0.29, 0.717) is 5.57 Å². The van der Waals surface area contributed by atoms with Gasteiger partial charge in [0, 0.05) is 43.0 Å². The highest BCUT2D eigenvalue weighted by Crippen LogP contribution is 2.40. The quantitative estimate of drug-likeness (QED) is 0.0885. The molecule has 2 aliphatic rings. The summed E-state index contributed by atoms with van der Waals surface area (Å²) in [4.78, 5) is 65.8. The molecule has 0 aromatic carbocycles. The second-order valence-corrected chi connectivity index (χ2v) is 10.3. The van der Waals surface area contributed by atoms with Gasteiger partial charge < -0.3 is 31.2 Å². The van der Waals surface area contributed by atoms with Crippen molar-refractivity contribution >= 4 is 63.8 Å². The zero-order valence-corrected chi connectivity index (χ0v) is 23.3. The van der Waals surface area contributed by atoms with E-state index in [4.69, 9.17) is 5.73 Å². The number of rotatable bonds is 10. The fourth-order valence-electron chi connectivity index (χ4n) is 4.10. The lowest BCUT2D eigenvalue weighted by atomic mass is 10.0. The van der Waals surface area contributed by atoms with Crippen LogP contribution in [0.1, 0.15) is 19.7 Å². The minimum Gasteiger partial charge on any atom is -0.543 e. The van der Waals surface area contributed by atoms with Gasteiger partial charge in [-0.15, -0.1) is 11.8 Å². The summed E-state index contributed by atoms with van der Waals surface area (Å²) in [7, 11) is 1.30. The number of hydrogen-bond acceptors (Lipinski definition) is 14. The smallest absolute Gasteiger partial charge is 0.433 e. The number of hydrogen-bond donors (Lipinski definition) is 3. The van der Waals surface area contributed by atoms with Crippen molar-refractivity contribution in [3.05, 3.63) is 35.7 Å². The third-order valence-electron chi connectivity index (χ3n) is 6.03. The van der Waals surface area contributed by atoms with Crippen LogP contribution in [0.3, 0.4) is 0 Å². The molecule has 2 aromatic heterocycles. The number of nitrogen functional groups attached to an aromatic ring is 1. The van der Waals surface area contributed by atoms with Crippen LogP contribution >= 0.6 is 23.3 Å². The summed E-state index contributed by atoms with van der Waals surface area (Å²) in [6.45, 7) is 5.72. The molecule has 0 aliphatic carbocycles. The Hall–Kier alpha value is -4.32. The summed E-state index contributed by atoms with van der Waals surface area (Å²) in [5.74, 6) is -2.27. The van der Waals surface area contributed by atoms with Crippen molar-refractivity contribution in [2.24, 2.45) is 5.16 Å². The number of nitrogens with one attached hydrogen (secondary N) is 2. The number of nitrogens with two attached hydrogens (primary N) is 1. The monoisotopic (exact) mass is 590 g/mol. The number of nitrogens with zero attached hydrogens (tertiary/aromatic N) is 7. The molecule has 2 aliphatic heterocycles. The van der Waals surface area contributed by atoms with E-state index in [1.807, 2.05) is 20.0 Å². The normalized spacial score (nSPS) is 18.5. The van der Waals surface area contributed by atoms with Gasteiger partial charge in [0.1, 0.15) is 11.4 Å². The molecule has 16 nitrogen and oxygen atoms in total. The number of oxime groups is 1. The van der Waals surface area contributed by atoms with Gasteiger partial charge in [-0.2, -0.15) is 13.9 Å². The van der Waals surface area contributed by atoms with Gasteiger partial charge in [0.2, 0.25) is 17.7 Å². The largest absolute Gasteiger partial charge is 0.543 e. The lowest BCUT2D eigenvalue weighted by molar-refractivity contribution is -0.688. The van der Waals surface area contributed by atoms with E-state index in [0.717, 1.165) is 35.3 Å². The fourth-order valence-corrected chi connectivity index (χ4v) is 5.87. The molecule has 0 saturated carbocycles. The number of aliphatic carboxylic acids is 1. The molecule has 2 atom stereocenters. The Morgan fingerprint density at radius 3 is 2.73 bits per heavy atom. The number of thioether (sulfide) groups is 1. The van der Waals surface area contributed by atoms with Crippen LogP contribution < -0.4 is 30.9 Å². The number of carboxylic acid groups (broad SMARTS) is 1. The van der Waals surface area contributed by atoms with E-state index in [2.05, 4.69) is 39.9 Å². The molecule has 1 saturated heterocycles. The van der Waals surface area contributed by atoms with Crippen LogP contribution in [0.5, 0.6) is 0 Å². The average molecular weight is 591 g/mol. The number of fused-ring (bicyclic) bond motifs is 1. The number of β-lactam (4-membered cyclic amide) rings is 1. The zero-order chi connectivity index (χ0) is 29.0. The van der Waals surface area contributed by atoms with Crippen LogP contribution in [-0.2, 0) is 25.8 Å². The van der Waals surface area contributed by atoms with Crippen molar-refractivity contribution in [1.29, 1.82) is 0 Å². The third kappa shape index (κ3) is 5.81. The lowest BCUT2D eigenvalue weighted by Gasteiger charge is -2.50. The molecule has 0 spiro atoms. The molecule has 0 bridgehead atoms. The maximum absolute atomic E-state index is 13.1. The third-order valence-corrected chi connectivity index (χ3v) is 7.91. The average Bonchev–Trinajstić information content (AvgIpc) is 3.37. The van der Waals surface area contributed by atoms with Crippen molar-refractivity contribution in [3.8, 4) is 0 Å². The first-order valence-corrected chi connectivity index (χ1v) is 13.9. The van der Waals surface area contributed by atoms with Crippen LogP contribution in [0.25, 0.3) is 0 Å². The molecule has 4 N–H and O–H groups in total. The van der Waals surface area contributed by atoms with Gasteiger partial charge in [-0.3, -0.25) is 19.3 Å². The minimum atomic E-state index is -1.50. The number of carbonyl (C=O) groups is 4. The summed E-state index contributed by atoms with van der Waals surface area (Å²) in [5.41, 5.74) is 5.35. The Kier molecular flexibility index (Phi) is 8.78. The highest BCUT2D eigenvalue weighted by Gasteiger charge is 2.53. The van der Waals surface area contributed by atoms with Crippen molar-refractivity contribution < 1.29 is 33.7 Å². The SMILES string of the molecule is CCN(CC)c1c[n+](CC2=C(C(=O)[O-])N3C(=O)C(NC(=O)/C(=N/OC(=O)NC)c4nsc(N)n4)[C@H]3SC2)ccn1. The summed E-state index contributed by atoms with van der Waals surface area (Å²) >= 11 is 2.08. The maximum Gasteiger partial charge on any atom is 0.433 e. The number of amides is 3. The van der Waals surface area contributed by atoms with Crippen LogP contribution in [0.4, 0.5) is 15.7 Å². The highest BCUT2D eigenvalue weighted by atomic mass is 32.2. The topological polar surface area (TPSA) is 212 Å². The lowest BCUT2D eigenvalue weighted by Crippen LogP contribution is -2.71. The van der Waals surface area contributed by atoms with Crippen LogP contribution in [-0.4, -0.2) is 86.1 Å². The Morgan fingerprint density at radius 2 is 2.10 bits per heavy atom. The van der Waals surface area contributed by atoms with Crippen LogP contribution in [0.15, 0.2) is 35.0 Å². The van der Waals surface area contributed by atoms with Gasteiger partial charge in [-0.05, 0) is 13.8 Å². The Balaban J connectivity index is 1.54. The van der Waals surface area contributed by atoms with Gasteiger partial charge in [0.25, 0.3) is 11.8 Å². The first kappa shape index (κ1) is 28.7. The second-order valence-electron chi connectivity index (χ2n) is 8.38. The van der Waals surface area contributed by atoms with Gasteiger partial charge >= 0.3 is 6.09 Å². The number of carbonyl (C=O) groups excluding carboxylic acids is 4. The molecular weight excluding hydrogens is 564 g/mol. The van der Waals surface area contributed by atoms with Gasteiger partial charge in [-0.1, -0.05) is 5.16 Å². The molecule has 1 fully saturated rings. The van der Waals surface area contributed by atoms with E-state index < -0.39 is 41.0 Å². The van der Waals surface area contributed by atoms with E-state index in [-0.39, 0.29) is 29.0 Å². The molecule has 1 unspecified atom stereocenters. The van der Waals surface area contributed by atoms with Crippen LogP contribution in [0.2, 0.25) is 0 Å². The first-order valence-electron chi connectivity index (χ1n) is 12.0. The van der Waals surface area contributed by atoms with Crippen LogP contribution in [0, 0.1) is 0 Å². The number of aromatic nitrogens is 4. The summed E-state index contributed by atoms with van der Waals surface area (Å²) in [6.07, 6.45) is 4.20. The van der Waals surface area contributed by atoms with E-state index in [9.17, 15) is 24.3 Å². The predicted octanol–water partition coefficient (Wildman–Crippen LogP) is -2.19. The van der Waals surface area contributed by atoms with E-state index in [1.54, 1.807) is 17.0 Å². The summed E-state index contributed by atoms with van der Waals surface area (Å²) < 4.78 is 5.70. The molecule has 18 heteroatoms. The predicted molar refractivity (Wildman–Crippen MR) is 141 cm³/mol. The van der Waals surface area contributed by atoms with Crippen molar-refractivity contribution in [1.82, 2.24) is 29.9 Å². The van der Waals surface area contributed by atoms with Crippen molar-refractivity contribution in [2.45, 2.75) is 31.8 Å². The molecule has 4 heterocycles. The molecule has 0 radical (unpaired) electrons. The summed E-state index contributed by atoms with van der Waals surface area (Å²) in [6, 6.07) is -1.09. The molecular formula is C22H26N10O6S2. The Bertz CT molecular complexity index is 1390. The minimum absolute atomic E-state index is 0.0386. The van der Waals surface area contributed by atoms with Gasteiger partial charge in [0.15, 0.2) is 23.7 Å². The van der Waals surface area contributed by atoms with Gasteiger partial charge in [0.05, 0.1) is 17.9 Å². The zero-order valence-electron chi connectivity index (χ0n) is 21.7. The molecule has 3 amide bonds. The van der Waals surface area contributed by atoms with E-state index in [1.165, 1.54) is 18.8 Å². The van der Waals surface area contributed by atoms with Crippen molar-refractivity contribution in [2.75, 3.05) is 36.5 Å². The summed E-state index contributed by atoms with van der Waals surface area (Å²) in [5, 5.41) is 19.7. The Labute approximate surface area is 236 Å². The standard InChI is InChI=1S/C22H26N10O6S2/c1-4-31(5-2)12-9-30(7-6-25-12)8-11-10-39-19-14(18(34)32(19)15(11)20(35)36)26-17(33)13(28-38-22(37)24-3)16-27-21(23)40-29-16/h6-7,9,14,19H,4-5,8,10H2,1-3H3,(H4-,23,24,26,27,29,33,35,36,37)/b28-13+/t14?,19-/m1/s1. The molecule has 40 heavy (non-hydrogen) atoms. The highest BCUT2D eigenvalue weighted by molar-refractivity contribution is 8.00. The number of carboxylic acids is 1. The molecule has 212 valence electrons. The maximum atomic E-state index is 13.1. The Morgan fingerprint density at radius 1 is 1.35 bits per heavy atom. The molecule has 4 rings (SSSR count). The first-order chi connectivity index (χ1) is 19.2. The van der Waals surface area contributed by atoms with Gasteiger partial charge in [-0.25, -0.2) is 9.78 Å². The second kappa shape index (κ2) is 12.2.